The Bertz CT molecular complexity index is 694. The molecule has 23 heavy (non-hydrogen) atoms. The fraction of sp³-hybridized carbons (Fsp3) is 0.467. The quantitative estimate of drug-likeness (QED) is 0.856. The minimum absolute atomic E-state index is 0.345. The molecule has 0 amide bonds. The van der Waals surface area contributed by atoms with Crippen LogP contribution in [0.5, 0.6) is 0 Å². The van der Waals surface area contributed by atoms with Crippen molar-refractivity contribution in [2.45, 2.75) is 45.4 Å². The first-order chi connectivity index (χ1) is 10.5. The molecule has 0 saturated carbocycles. The fourth-order valence-corrected chi connectivity index (χ4v) is 2.09. The predicted octanol–water partition coefficient (Wildman–Crippen LogP) is 1.87. The van der Waals surface area contributed by atoms with Crippen molar-refractivity contribution in [3.8, 4) is 0 Å². The Kier molecular flexibility index (Phi) is 4.50. The van der Waals surface area contributed by atoms with Gasteiger partial charge in [0, 0.05) is 12.3 Å². The van der Waals surface area contributed by atoms with Crippen molar-refractivity contribution in [3.05, 3.63) is 40.0 Å². The molecule has 1 aliphatic heterocycles. The minimum Gasteiger partial charge on any atom is -0.480 e. The van der Waals surface area contributed by atoms with Crippen LogP contribution >= 0.6 is 0 Å². The summed E-state index contributed by atoms with van der Waals surface area (Å²) in [5.74, 6) is -1.15. The number of pyridine rings is 1. The van der Waals surface area contributed by atoms with Crippen LogP contribution in [-0.2, 0) is 20.6 Å². The monoisotopic (exact) mass is 323 g/mol. The van der Waals surface area contributed by atoms with Gasteiger partial charge in [-0.15, -0.1) is 0 Å². The Balaban J connectivity index is 2.25. The molecule has 1 aromatic heterocycles. The van der Waals surface area contributed by atoms with Gasteiger partial charge in [0.2, 0.25) is 0 Å². The van der Waals surface area contributed by atoms with Crippen LogP contribution in [0.2, 0.25) is 0 Å². The molecule has 0 atom stereocenters. The Morgan fingerprint density at radius 3 is 2.39 bits per heavy atom. The molecule has 1 N–H and O–H groups in total. The summed E-state index contributed by atoms with van der Waals surface area (Å²) in [6, 6.07) is 2.60. The van der Waals surface area contributed by atoms with E-state index in [0.717, 1.165) is 4.57 Å². The zero-order valence-corrected chi connectivity index (χ0v) is 13.5. The lowest BCUT2D eigenvalue weighted by atomic mass is 9.87. The summed E-state index contributed by atoms with van der Waals surface area (Å²) < 4.78 is 26.6. The van der Waals surface area contributed by atoms with E-state index in [1.54, 1.807) is 0 Å². The topological polar surface area (TPSA) is 77.8 Å². The van der Waals surface area contributed by atoms with Crippen molar-refractivity contribution >= 4 is 19.2 Å². The van der Waals surface area contributed by atoms with Crippen LogP contribution in [0.1, 0.15) is 33.3 Å². The third-order valence-corrected chi connectivity index (χ3v) is 4.09. The van der Waals surface area contributed by atoms with E-state index >= 15 is 0 Å². The van der Waals surface area contributed by atoms with Gasteiger partial charge < -0.3 is 19.0 Å². The molecule has 1 aliphatic rings. The van der Waals surface area contributed by atoms with Gasteiger partial charge in [-0.25, -0.2) is 4.39 Å². The molecule has 0 aliphatic carbocycles. The van der Waals surface area contributed by atoms with E-state index in [4.69, 9.17) is 14.4 Å². The fourth-order valence-electron chi connectivity index (χ4n) is 2.09. The molecule has 124 valence electrons. The second-order valence-electron chi connectivity index (χ2n) is 6.44. The van der Waals surface area contributed by atoms with Crippen LogP contribution < -0.4 is 5.56 Å². The van der Waals surface area contributed by atoms with Crippen molar-refractivity contribution in [2.24, 2.45) is 0 Å². The third-order valence-electron chi connectivity index (χ3n) is 4.09. The predicted molar refractivity (Wildman–Crippen MR) is 83.5 cm³/mol. The van der Waals surface area contributed by atoms with Crippen molar-refractivity contribution in [2.75, 3.05) is 0 Å². The first-order valence-electron chi connectivity index (χ1n) is 7.17. The average molecular weight is 323 g/mol. The lowest BCUT2D eigenvalue weighted by Gasteiger charge is -2.32. The van der Waals surface area contributed by atoms with Gasteiger partial charge in [-0.1, -0.05) is 0 Å². The summed E-state index contributed by atoms with van der Waals surface area (Å²) in [4.78, 5) is 22.3. The molecule has 1 aromatic rings. The number of hydrogen-bond acceptors (Lipinski definition) is 4. The number of carbonyl (C=O) groups is 1. The highest BCUT2D eigenvalue weighted by Gasteiger charge is 2.53. The summed E-state index contributed by atoms with van der Waals surface area (Å²) in [5, 5.41) is 8.76. The summed E-state index contributed by atoms with van der Waals surface area (Å²) in [6.07, 6.45) is 2.45. The van der Waals surface area contributed by atoms with Crippen LogP contribution in [0, 0.1) is 0 Å². The molecule has 2 rings (SSSR count). The van der Waals surface area contributed by atoms with Crippen molar-refractivity contribution in [1.82, 2.24) is 4.57 Å². The Labute approximate surface area is 133 Å². The Hall–Kier alpha value is -1.93. The van der Waals surface area contributed by atoms with Crippen LogP contribution in [0.25, 0.3) is 6.08 Å². The molecule has 0 aromatic carbocycles. The van der Waals surface area contributed by atoms with Crippen molar-refractivity contribution in [3.63, 3.8) is 0 Å². The zero-order chi connectivity index (χ0) is 17.4. The van der Waals surface area contributed by atoms with Gasteiger partial charge in [-0.05, 0) is 45.4 Å². The Morgan fingerprint density at radius 2 is 1.87 bits per heavy atom. The highest BCUT2D eigenvalue weighted by molar-refractivity contribution is 6.54. The molecule has 0 unspecified atom stereocenters. The summed E-state index contributed by atoms with van der Waals surface area (Å²) in [6.45, 7) is 6.76. The van der Waals surface area contributed by atoms with Gasteiger partial charge in [0.1, 0.15) is 12.3 Å². The number of aromatic nitrogens is 1. The summed E-state index contributed by atoms with van der Waals surface area (Å²) >= 11 is 0. The molecule has 0 radical (unpaired) electrons. The van der Waals surface area contributed by atoms with Crippen LogP contribution in [0.4, 0.5) is 4.39 Å². The maximum Gasteiger partial charge on any atom is 0.525 e. The normalized spacial score (nSPS) is 19.9. The first kappa shape index (κ1) is 17.4. The second kappa shape index (κ2) is 5.94. The standard InChI is InChI=1S/C15H19BFNO5/c1-14(2)15(3,4)23-16(22-14)11(17)7-10-5-6-12(19)18(8-10)9-13(20)21/h5-8H,9H2,1-4H3,(H,20,21). The third kappa shape index (κ3) is 3.70. The highest BCUT2D eigenvalue weighted by atomic mass is 19.1. The van der Waals surface area contributed by atoms with E-state index in [-0.39, 0.29) is 0 Å². The lowest BCUT2D eigenvalue weighted by molar-refractivity contribution is -0.137. The number of carboxylic acids is 1. The maximum atomic E-state index is 14.4. The summed E-state index contributed by atoms with van der Waals surface area (Å²) in [7, 11) is -1.14. The van der Waals surface area contributed by atoms with E-state index in [9.17, 15) is 14.0 Å². The second-order valence-corrected chi connectivity index (χ2v) is 6.44. The van der Waals surface area contributed by atoms with Crippen LogP contribution in [0.15, 0.2) is 28.9 Å². The number of hydrogen-bond donors (Lipinski definition) is 1. The van der Waals surface area contributed by atoms with Crippen molar-refractivity contribution in [1.29, 1.82) is 0 Å². The van der Waals surface area contributed by atoms with E-state index in [1.807, 2.05) is 27.7 Å². The number of nitrogens with zero attached hydrogens (tertiary/aromatic N) is 1. The largest absolute Gasteiger partial charge is 0.525 e. The molecule has 0 bridgehead atoms. The molecule has 8 heteroatoms. The molecule has 0 spiro atoms. The molecule has 6 nitrogen and oxygen atoms in total. The van der Waals surface area contributed by atoms with Crippen molar-refractivity contribution < 1.29 is 23.6 Å². The molecule has 1 fully saturated rings. The minimum atomic E-state index is -1.15. The molecule has 2 heterocycles. The highest BCUT2D eigenvalue weighted by Crippen LogP contribution is 2.38. The van der Waals surface area contributed by atoms with Crippen LogP contribution in [0.3, 0.4) is 0 Å². The molecular formula is C15H19BFNO5. The lowest BCUT2D eigenvalue weighted by Crippen LogP contribution is -2.41. The summed E-state index contributed by atoms with van der Waals surface area (Å²) in [5.41, 5.74) is -2.10. The molecule has 1 saturated heterocycles. The van der Waals surface area contributed by atoms with E-state index in [1.165, 1.54) is 24.4 Å². The van der Waals surface area contributed by atoms with Gasteiger partial charge in [0.05, 0.1) is 11.2 Å². The van der Waals surface area contributed by atoms with E-state index in [2.05, 4.69) is 0 Å². The number of halogens is 1. The smallest absolute Gasteiger partial charge is 0.480 e. The Morgan fingerprint density at radius 1 is 1.30 bits per heavy atom. The zero-order valence-electron chi connectivity index (χ0n) is 13.5. The first-order valence-corrected chi connectivity index (χ1v) is 7.17. The number of carboxylic acid groups (broad SMARTS) is 1. The van der Waals surface area contributed by atoms with Gasteiger partial charge in [0.25, 0.3) is 5.56 Å². The van der Waals surface area contributed by atoms with E-state index in [0.29, 0.717) is 5.56 Å². The van der Waals surface area contributed by atoms with E-state index < -0.39 is 42.1 Å². The number of rotatable bonds is 4. The SMILES string of the molecule is CC1(C)OB(C(F)=Cc2ccc(=O)n(CC(=O)O)c2)OC1(C)C. The van der Waals surface area contributed by atoms with Gasteiger partial charge in [-0.3, -0.25) is 9.59 Å². The molecular weight excluding hydrogens is 304 g/mol. The maximum absolute atomic E-state index is 14.4. The van der Waals surface area contributed by atoms with Crippen LogP contribution in [-0.4, -0.2) is 34.0 Å². The number of aliphatic carboxylic acids is 1. The average Bonchev–Trinajstić information content (AvgIpc) is 2.62. The van der Waals surface area contributed by atoms with Gasteiger partial charge >= 0.3 is 13.1 Å². The van der Waals surface area contributed by atoms with Gasteiger partial charge in [0.15, 0.2) is 0 Å². The van der Waals surface area contributed by atoms with Gasteiger partial charge in [-0.2, -0.15) is 0 Å².